The summed E-state index contributed by atoms with van der Waals surface area (Å²) in [6.45, 7) is 4.51. The van der Waals surface area contributed by atoms with Crippen LogP contribution in [-0.4, -0.2) is 13.0 Å². The Balaban J connectivity index is 1.84. The second kappa shape index (κ2) is 19.6. The molecular formula is C34H56O3S. The molecule has 0 bridgehead atoms. The maximum atomic E-state index is 12.3. The van der Waals surface area contributed by atoms with Gasteiger partial charge >= 0.3 is 0 Å². The van der Waals surface area contributed by atoms with Crippen LogP contribution in [0.5, 0.6) is 0 Å². The highest BCUT2D eigenvalue weighted by Crippen LogP contribution is 2.29. The number of hydrogen-bond donors (Lipinski definition) is 1. The van der Waals surface area contributed by atoms with Crippen LogP contribution in [0.15, 0.2) is 35.2 Å². The molecule has 216 valence electrons. The lowest BCUT2D eigenvalue weighted by molar-refractivity contribution is 0.481. The zero-order valence-corrected chi connectivity index (χ0v) is 25.4. The van der Waals surface area contributed by atoms with Crippen LogP contribution in [0.25, 0.3) is 10.8 Å². The molecule has 0 radical (unpaired) electrons. The van der Waals surface area contributed by atoms with Gasteiger partial charge < -0.3 is 0 Å². The number of rotatable bonds is 23. The first-order valence-electron chi connectivity index (χ1n) is 16.0. The summed E-state index contributed by atoms with van der Waals surface area (Å²) in [5.41, 5.74) is 1.95. The maximum Gasteiger partial charge on any atom is 0.294 e. The third-order valence-electron chi connectivity index (χ3n) is 8.03. The van der Waals surface area contributed by atoms with Crippen molar-refractivity contribution in [1.29, 1.82) is 0 Å². The van der Waals surface area contributed by atoms with Gasteiger partial charge in [0.25, 0.3) is 10.1 Å². The van der Waals surface area contributed by atoms with Crippen LogP contribution in [0.4, 0.5) is 0 Å². The second-order valence-electron chi connectivity index (χ2n) is 11.4. The van der Waals surface area contributed by atoms with E-state index in [2.05, 4.69) is 32.0 Å². The minimum Gasteiger partial charge on any atom is -0.282 e. The number of aryl methyl sites for hydroxylation is 2. The van der Waals surface area contributed by atoms with Crippen LogP contribution in [0.2, 0.25) is 0 Å². The molecule has 0 spiro atoms. The van der Waals surface area contributed by atoms with E-state index in [-0.39, 0.29) is 4.90 Å². The Morgan fingerprint density at radius 3 is 1.42 bits per heavy atom. The van der Waals surface area contributed by atoms with Gasteiger partial charge in [0.2, 0.25) is 0 Å². The molecular weight excluding hydrogens is 488 g/mol. The van der Waals surface area contributed by atoms with Gasteiger partial charge in [-0.15, -0.1) is 0 Å². The molecule has 0 unspecified atom stereocenters. The van der Waals surface area contributed by atoms with Gasteiger partial charge in [-0.05, 0) is 59.7 Å². The fourth-order valence-corrected chi connectivity index (χ4v) is 6.44. The van der Waals surface area contributed by atoms with Crippen LogP contribution >= 0.6 is 0 Å². The van der Waals surface area contributed by atoms with E-state index in [0.717, 1.165) is 42.0 Å². The molecule has 0 fully saturated rings. The first-order chi connectivity index (χ1) is 18.5. The summed E-state index contributed by atoms with van der Waals surface area (Å²) < 4.78 is 34.6. The Labute approximate surface area is 235 Å². The standard InChI is InChI=1S/C34H56O3S/c1-3-5-7-9-11-13-15-17-19-21-24-30-26-23-27-31-28-32(34(29-33(30)31)38(35,36)37)25-22-20-18-16-14-12-10-8-6-4-2/h23,26-29H,3-22,24-25H2,1-2H3,(H,35,36,37). The molecule has 0 saturated heterocycles. The second-order valence-corrected chi connectivity index (χ2v) is 12.8. The van der Waals surface area contributed by atoms with Gasteiger partial charge in [0.15, 0.2) is 0 Å². The molecule has 0 saturated carbocycles. The van der Waals surface area contributed by atoms with Crippen LogP contribution < -0.4 is 0 Å². The average Bonchev–Trinajstić information content (AvgIpc) is 2.89. The zero-order chi connectivity index (χ0) is 27.5. The van der Waals surface area contributed by atoms with Gasteiger partial charge in [0, 0.05) is 0 Å². The van der Waals surface area contributed by atoms with E-state index in [1.807, 2.05) is 6.07 Å². The minimum atomic E-state index is -4.25. The molecule has 1 N–H and O–H groups in total. The highest BCUT2D eigenvalue weighted by atomic mass is 32.2. The summed E-state index contributed by atoms with van der Waals surface area (Å²) in [5, 5.41) is 2.06. The van der Waals surface area contributed by atoms with E-state index in [0.29, 0.717) is 6.42 Å². The van der Waals surface area contributed by atoms with E-state index in [1.54, 1.807) is 6.07 Å². The van der Waals surface area contributed by atoms with Crippen molar-refractivity contribution in [2.45, 2.75) is 160 Å². The largest absolute Gasteiger partial charge is 0.294 e. The maximum absolute atomic E-state index is 12.3. The fourth-order valence-electron chi connectivity index (χ4n) is 5.68. The Morgan fingerprint density at radius 1 is 0.553 bits per heavy atom. The molecule has 0 aliphatic carbocycles. The van der Waals surface area contributed by atoms with Crippen molar-refractivity contribution in [3.8, 4) is 0 Å². The van der Waals surface area contributed by atoms with Crippen molar-refractivity contribution >= 4 is 20.9 Å². The molecule has 4 heteroatoms. The summed E-state index contributed by atoms with van der Waals surface area (Å²) in [4.78, 5) is 0.108. The Morgan fingerprint density at radius 2 is 0.974 bits per heavy atom. The number of hydrogen-bond acceptors (Lipinski definition) is 2. The summed E-state index contributed by atoms with van der Waals surface area (Å²) >= 11 is 0. The zero-order valence-electron chi connectivity index (χ0n) is 24.6. The molecule has 0 aromatic heterocycles. The number of unbranched alkanes of at least 4 members (excludes halogenated alkanes) is 18. The number of fused-ring (bicyclic) bond motifs is 1. The van der Waals surface area contributed by atoms with Crippen molar-refractivity contribution in [1.82, 2.24) is 0 Å². The van der Waals surface area contributed by atoms with Crippen LogP contribution in [0.3, 0.4) is 0 Å². The van der Waals surface area contributed by atoms with Gasteiger partial charge in [-0.3, -0.25) is 4.55 Å². The normalized spacial score (nSPS) is 12.0. The topological polar surface area (TPSA) is 54.4 Å². The third-order valence-corrected chi connectivity index (χ3v) is 8.96. The molecule has 0 heterocycles. The summed E-state index contributed by atoms with van der Waals surface area (Å²) in [6, 6.07) is 10.0. The lowest BCUT2D eigenvalue weighted by atomic mass is 9.96. The third kappa shape index (κ3) is 13.1. The van der Waals surface area contributed by atoms with E-state index < -0.39 is 10.1 Å². The van der Waals surface area contributed by atoms with Gasteiger partial charge in [-0.1, -0.05) is 148 Å². The highest BCUT2D eigenvalue weighted by Gasteiger charge is 2.17. The van der Waals surface area contributed by atoms with Crippen LogP contribution in [0.1, 0.15) is 153 Å². The Kier molecular flexibility index (Phi) is 17.0. The first kappa shape index (κ1) is 32.8. The Bertz CT molecular complexity index is 996. The first-order valence-corrected chi connectivity index (χ1v) is 17.4. The molecule has 2 rings (SSSR count). The van der Waals surface area contributed by atoms with Crippen LogP contribution in [0, 0.1) is 0 Å². The highest BCUT2D eigenvalue weighted by molar-refractivity contribution is 7.85. The quantitative estimate of drug-likeness (QED) is 0.112. The molecule has 0 atom stereocenters. The monoisotopic (exact) mass is 544 g/mol. The lowest BCUT2D eigenvalue weighted by Gasteiger charge is -2.13. The van der Waals surface area contributed by atoms with Gasteiger partial charge in [0.1, 0.15) is 0 Å². The predicted molar refractivity (Wildman–Crippen MR) is 165 cm³/mol. The van der Waals surface area contributed by atoms with Gasteiger partial charge in [-0.25, -0.2) is 0 Å². The van der Waals surface area contributed by atoms with E-state index in [9.17, 15) is 13.0 Å². The molecule has 0 amide bonds. The smallest absolute Gasteiger partial charge is 0.282 e. The van der Waals surface area contributed by atoms with E-state index in [1.165, 1.54) is 115 Å². The molecule has 3 nitrogen and oxygen atoms in total. The average molecular weight is 545 g/mol. The SMILES string of the molecule is CCCCCCCCCCCCc1cc2cccc(CCCCCCCCCCCC)c2cc1S(=O)(=O)O. The fraction of sp³-hybridized carbons (Fsp3) is 0.706. The predicted octanol–water partition coefficient (Wildman–Crippen LogP) is 11.0. The molecule has 2 aromatic rings. The molecule has 38 heavy (non-hydrogen) atoms. The van der Waals surface area contributed by atoms with Crippen molar-refractivity contribution in [2.24, 2.45) is 0 Å². The summed E-state index contributed by atoms with van der Waals surface area (Å²) in [6.07, 6.45) is 27.2. The van der Waals surface area contributed by atoms with Gasteiger partial charge in [-0.2, -0.15) is 8.42 Å². The van der Waals surface area contributed by atoms with Crippen molar-refractivity contribution < 1.29 is 13.0 Å². The minimum absolute atomic E-state index is 0.108. The Hall–Kier alpha value is -1.39. The lowest BCUT2D eigenvalue weighted by Crippen LogP contribution is -2.04. The van der Waals surface area contributed by atoms with Crippen molar-refractivity contribution in [3.05, 3.63) is 41.5 Å². The summed E-state index contributed by atoms with van der Waals surface area (Å²) in [7, 11) is -4.25. The molecule has 0 aliphatic heterocycles. The van der Waals surface area contributed by atoms with Crippen LogP contribution in [-0.2, 0) is 23.0 Å². The van der Waals surface area contributed by atoms with Crippen molar-refractivity contribution in [2.75, 3.05) is 0 Å². The molecule has 0 aliphatic rings. The van der Waals surface area contributed by atoms with Gasteiger partial charge in [0.05, 0.1) is 4.90 Å². The van der Waals surface area contributed by atoms with E-state index >= 15 is 0 Å². The van der Waals surface area contributed by atoms with Crippen molar-refractivity contribution in [3.63, 3.8) is 0 Å². The van der Waals surface area contributed by atoms with E-state index in [4.69, 9.17) is 0 Å². The molecule has 2 aromatic carbocycles. The number of benzene rings is 2. The summed E-state index contributed by atoms with van der Waals surface area (Å²) in [5.74, 6) is 0.